The average molecular weight is 297 g/mol. The van der Waals surface area contributed by atoms with E-state index >= 15 is 0 Å². The summed E-state index contributed by atoms with van der Waals surface area (Å²) in [7, 11) is 0.0979. The highest BCUT2D eigenvalue weighted by atomic mass is 32.2. The molecule has 1 N–H and O–H groups in total. The molecule has 0 heterocycles. The summed E-state index contributed by atoms with van der Waals surface area (Å²) in [6.07, 6.45) is 0. The molecule has 4 nitrogen and oxygen atoms in total. The van der Waals surface area contributed by atoms with Gasteiger partial charge in [0, 0.05) is 0 Å². The Kier molecular flexibility index (Phi) is 5.89. The standard InChI is InChI=1S/C15H23NO3S/c1-11(14(17)19-5)13(12-9-7-6-8-10-12)16-20(18)15(2,3)4/h6-11,13,16H,1-5H3/t11-,13-,20?/m0/s1. The maximum Gasteiger partial charge on any atom is 0.310 e. The molecule has 0 aliphatic rings. The minimum atomic E-state index is -1.26. The summed E-state index contributed by atoms with van der Waals surface area (Å²) in [5.41, 5.74) is 0.919. The van der Waals surface area contributed by atoms with E-state index in [1.807, 2.05) is 51.1 Å². The van der Waals surface area contributed by atoms with Crippen molar-refractivity contribution in [3.05, 3.63) is 35.9 Å². The van der Waals surface area contributed by atoms with Crippen molar-refractivity contribution in [2.24, 2.45) is 5.92 Å². The predicted octanol–water partition coefficient (Wildman–Crippen LogP) is 2.59. The first-order valence-corrected chi connectivity index (χ1v) is 7.73. The molecular formula is C15H23NO3S. The van der Waals surface area contributed by atoms with E-state index in [1.165, 1.54) is 7.11 Å². The van der Waals surface area contributed by atoms with Gasteiger partial charge in [-0.15, -0.1) is 0 Å². The van der Waals surface area contributed by atoms with E-state index in [-0.39, 0.29) is 12.0 Å². The van der Waals surface area contributed by atoms with Crippen molar-refractivity contribution in [3.63, 3.8) is 0 Å². The van der Waals surface area contributed by atoms with Crippen LogP contribution in [0.2, 0.25) is 0 Å². The summed E-state index contributed by atoms with van der Waals surface area (Å²) in [6, 6.07) is 9.18. The fraction of sp³-hybridized carbons (Fsp3) is 0.533. The molecule has 0 radical (unpaired) electrons. The van der Waals surface area contributed by atoms with E-state index in [9.17, 15) is 9.00 Å². The van der Waals surface area contributed by atoms with Gasteiger partial charge in [0.2, 0.25) is 0 Å². The zero-order chi connectivity index (χ0) is 15.3. The number of hydrogen-bond donors (Lipinski definition) is 1. The Morgan fingerprint density at radius 2 is 1.80 bits per heavy atom. The van der Waals surface area contributed by atoms with Gasteiger partial charge >= 0.3 is 5.97 Å². The second kappa shape index (κ2) is 6.99. The molecule has 0 amide bonds. The van der Waals surface area contributed by atoms with Gasteiger partial charge in [0.15, 0.2) is 0 Å². The third-order valence-corrected chi connectivity index (χ3v) is 4.60. The van der Waals surface area contributed by atoms with Gasteiger partial charge < -0.3 is 4.74 Å². The van der Waals surface area contributed by atoms with Crippen LogP contribution < -0.4 is 4.72 Å². The molecule has 0 aliphatic carbocycles. The molecule has 112 valence electrons. The predicted molar refractivity (Wildman–Crippen MR) is 81.4 cm³/mol. The Bertz CT molecular complexity index is 468. The van der Waals surface area contributed by atoms with Crippen LogP contribution in [-0.4, -0.2) is 22.0 Å². The lowest BCUT2D eigenvalue weighted by Gasteiger charge is -2.27. The van der Waals surface area contributed by atoms with Crippen molar-refractivity contribution in [3.8, 4) is 0 Å². The molecule has 0 aromatic heterocycles. The van der Waals surface area contributed by atoms with Crippen LogP contribution in [0.5, 0.6) is 0 Å². The van der Waals surface area contributed by atoms with Gasteiger partial charge in [0.05, 0.1) is 34.8 Å². The lowest BCUT2D eigenvalue weighted by molar-refractivity contribution is -0.145. The van der Waals surface area contributed by atoms with Crippen LogP contribution in [0.4, 0.5) is 0 Å². The fourth-order valence-electron chi connectivity index (χ4n) is 1.73. The second-order valence-corrected chi connectivity index (χ2v) is 7.70. The maximum atomic E-state index is 12.3. The van der Waals surface area contributed by atoms with E-state index in [0.29, 0.717) is 0 Å². The minimum Gasteiger partial charge on any atom is -0.469 e. The van der Waals surface area contributed by atoms with E-state index in [0.717, 1.165) is 5.56 Å². The van der Waals surface area contributed by atoms with Crippen molar-refractivity contribution in [1.29, 1.82) is 0 Å². The number of carbonyl (C=O) groups excluding carboxylic acids is 1. The Labute approximate surface area is 123 Å². The SMILES string of the molecule is COC(=O)[C@@H](C)[C@H](NS(=O)C(C)(C)C)c1ccccc1. The maximum absolute atomic E-state index is 12.3. The largest absolute Gasteiger partial charge is 0.469 e. The summed E-state index contributed by atoms with van der Waals surface area (Å²) < 4.78 is 19.8. The normalized spacial score (nSPS) is 16.2. The van der Waals surface area contributed by atoms with Gasteiger partial charge in [-0.1, -0.05) is 37.3 Å². The quantitative estimate of drug-likeness (QED) is 0.850. The molecule has 0 bridgehead atoms. The van der Waals surface area contributed by atoms with Crippen molar-refractivity contribution in [2.75, 3.05) is 7.11 Å². The van der Waals surface area contributed by atoms with Crippen LogP contribution in [0, 0.1) is 5.92 Å². The monoisotopic (exact) mass is 297 g/mol. The van der Waals surface area contributed by atoms with Gasteiger partial charge in [0.25, 0.3) is 0 Å². The molecule has 0 aliphatic heterocycles. The smallest absolute Gasteiger partial charge is 0.310 e. The second-order valence-electron chi connectivity index (χ2n) is 5.70. The van der Waals surface area contributed by atoms with Crippen molar-refractivity contribution < 1.29 is 13.7 Å². The van der Waals surface area contributed by atoms with Gasteiger partial charge in [-0.05, 0) is 26.3 Å². The third-order valence-electron chi connectivity index (χ3n) is 3.02. The average Bonchev–Trinajstić information content (AvgIpc) is 2.42. The molecule has 20 heavy (non-hydrogen) atoms. The number of hydrogen-bond acceptors (Lipinski definition) is 3. The van der Waals surface area contributed by atoms with E-state index < -0.39 is 21.7 Å². The summed E-state index contributed by atoms with van der Waals surface area (Å²) >= 11 is 0. The molecule has 0 saturated heterocycles. The van der Waals surface area contributed by atoms with Crippen LogP contribution in [0.25, 0.3) is 0 Å². The molecule has 0 saturated carbocycles. The Morgan fingerprint density at radius 3 is 2.25 bits per heavy atom. The number of esters is 1. The van der Waals surface area contributed by atoms with E-state index in [4.69, 9.17) is 4.74 Å². The molecule has 0 fully saturated rings. The number of rotatable bonds is 5. The van der Waals surface area contributed by atoms with Crippen molar-refractivity contribution >= 4 is 17.0 Å². The summed E-state index contributed by atoms with van der Waals surface area (Å²) in [5, 5.41) is 0. The van der Waals surface area contributed by atoms with Crippen LogP contribution in [0.3, 0.4) is 0 Å². The molecule has 1 aromatic carbocycles. The zero-order valence-electron chi connectivity index (χ0n) is 12.7. The summed E-state index contributed by atoms with van der Waals surface area (Å²) in [6.45, 7) is 7.44. The number of methoxy groups -OCH3 is 1. The number of carbonyl (C=O) groups is 1. The van der Waals surface area contributed by atoms with Gasteiger partial charge in [-0.3, -0.25) is 4.79 Å². The molecule has 1 rings (SSSR count). The number of benzene rings is 1. The van der Waals surface area contributed by atoms with Crippen LogP contribution in [0.15, 0.2) is 30.3 Å². The van der Waals surface area contributed by atoms with E-state index in [2.05, 4.69) is 4.72 Å². The van der Waals surface area contributed by atoms with Crippen LogP contribution in [-0.2, 0) is 20.5 Å². The lowest BCUT2D eigenvalue weighted by atomic mass is 9.95. The fourth-order valence-corrected chi connectivity index (χ4v) is 2.66. The van der Waals surface area contributed by atoms with Crippen molar-refractivity contribution in [1.82, 2.24) is 4.72 Å². The van der Waals surface area contributed by atoms with Crippen molar-refractivity contribution in [2.45, 2.75) is 38.5 Å². The van der Waals surface area contributed by atoms with E-state index in [1.54, 1.807) is 6.92 Å². The Balaban J connectivity index is 3.03. The molecule has 1 unspecified atom stereocenters. The van der Waals surface area contributed by atoms with Gasteiger partial charge in [0.1, 0.15) is 0 Å². The highest BCUT2D eigenvalue weighted by molar-refractivity contribution is 7.84. The number of ether oxygens (including phenoxy) is 1. The third kappa shape index (κ3) is 4.42. The topological polar surface area (TPSA) is 55.4 Å². The first-order valence-electron chi connectivity index (χ1n) is 6.58. The highest BCUT2D eigenvalue weighted by Crippen LogP contribution is 2.25. The highest BCUT2D eigenvalue weighted by Gasteiger charge is 2.30. The minimum absolute atomic E-state index is 0.322. The number of nitrogens with one attached hydrogen (secondary N) is 1. The van der Waals surface area contributed by atoms with Gasteiger partial charge in [-0.2, -0.15) is 0 Å². The zero-order valence-corrected chi connectivity index (χ0v) is 13.5. The van der Waals surface area contributed by atoms with Gasteiger partial charge in [-0.25, -0.2) is 8.93 Å². The molecular weight excluding hydrogens is 274 g/mol. The lowest BCUT2D eigenvalue weighted by Crippen LogP contribution is -2.40. The first kappa shape index (κ1) is 16.9. The van der Waals surface area contributed by atoms with Crippen LogP contribution in [0.1, 0.15) is 39.3 Å². The molecule has 0 spiro atoms. The Hall–Kier alpha value is -1.20. The summed E-state index contributed by atoms with van der Waals surface area (Å²) in [5.74, 6) is -0.744. The summed E-state index contributed by atoms with van der Waals surface area (Å²) in [4.78, 5) is 11.8. The van der Waals surface area contributed by atoms with Crippen LogP contribution >= 0.6 is 0 Å². The first-order chi connectivity index (χ1) is 9.27. The Morgan fingerprint density at radius 1 is 1.25 bits per heavy atom. The molecule has 1 aromatic rings. The molecule has 3 atom stereocenters. The molecule has 5 heteroatoms.